The molecule has 0 fully saturated rings. The molecular formula is C52H30N4OS. The molecule has 3 aromatic heterocycles. The fourth-order valence-electron chi connectivity index (χ4n) is 8.21. The Morgan fingerprint density at radius 3 is 1.81 bits per heavy atom. The van der Waals surface area contributed by atoms with E-state index in [4.69, 9.17) is 24.4 Å². The van der Waals surface area contributed by atoms with Gasteiger partial charge >= 0.3 is 0 Å². The first-order valence-electron chi connectivity index (χ1n) is 19.3. The van der Waals surface area contributed by atoms with Crippen molar-refractivity contribution < 1.29 is 4.42 Å². The van der Waals surface area contributed by atoms with Gasteiger partial charge in [0.25, 0.3) is 0 Å². The third kappa shape index (κ3) is 5.45. The largest absolute Gasteiger partial charge is 0.435 e. The molecule has 5 nitrogen and oxygen atoms in total. The first-order chi connectivity index (χ1) is 28.7. The van der Waals surface area contributed by atoms with Gasteiger partial charge in [0.1, 0.15) is 5.52 Å². The molecule has 58 heavy (non-hydrogen) atoms. The number of benzene rings is 9. The molecule has 0 atom stereocenters. The smallest absolute Gasteiger partial charge is 0.227 e. The number of fused-ring (bicyclic) bond motifs is 8. The molecular weight excluding hydrogens is 729 g/mol. The summed E-state index contributed by atoms with van der Waals surface area (Å²) in [6.45, 7) is 0. The van der Waals surface area contributed by atoms with Gasteiger partial charge in [-0.25, -0.2) is 19.9 Å². The van der Waals surface area contributed by atoms with Crippen molar-refractivity contribution in [3.8, 4) is 56.7 Å². The zero-order chi connectivity index (χ0) is 38.2. The monoisotopic (exact) mass is 758 g/mol. The van der Waals surface area contributed by atoms with E-state index in [-0.39, 0.29) is 0 Å². The molecule has 0 N–H and O–H groups in total. The highest BCUT2D eigenvalue weighted by atomic mass is 32.1. The number of thiophene rings is 1. The quantitative estimate of drug-likeness (QED) is 0.175. The number of hydrogen-bond acceptors (Lipinski definition) is 6. The Bertz CT molecular complexity index is 3590. The topological polar surface area (TPSA) is 64.7 Å². The van der Waals surface area contributed by atoms with Gasteiger partial charge in [0.05, 0.1) is 0 Å². The van der Waals surface area contributed by atoms with Gasteiger partial charge in [-0.3, -0.25) is 0 Å². The first-order valence-corrected chi connectivity index (χ1v) is 20.1. The fraction of sp³-hybridized carbons (Fsp3) is 0. The van der Waals surface area contributed by atoms with Crippen molar-refractivity contribution in [3.63, 3.8) is 0 Å². The third-order valence-electron chi connectivity index (χ3n) is 11.1. The van der Waals surface area contributed by atoms with Crippen LogP contribution >= 0.6 is 11.3 Å². The van der Waals surface area contributed by atoms with Crippen molar-refractivity contribution in [2.24, 2.45) is 0 Å². The van der Waals surface area contributed by atoms with E-state index in [1.54, 1.807) is 11.3 Å². The van der Waals surface area contributed by atoms with Gasteiger partial charge in [0.2, 0.25) is 5.89 Å². The van der Waals surface area contributed by atoms with Crippen LogP contribution in [0.4, 0.5) is 0 Å². The van der Waals surface area contributed by atoms with Crippen molar-refractivity contribution in [2.45, 2.75) is 0 Å². The molecule has 6 heteroatoms. The minimum atomic E-state index is 0.617. The maximum Gasteiger partial charge on any atom is 0.227 e. The molecule has 0 aliphatic rings. The normalized spacial score (nSPS) is 11.8. The number of nitrogens with zero attached hydrogens (tertiary/aromatic N) is 4. The van der Waals surface area contributed by atoms with E-state index in [9.17, 15) is 0 Å². The van der Waals surface area contributed by atoms with Crippen LogP contribution in [-0.2, 0) is 0 Å². The lowest BCUT2D eigenvalue weighted by Crippen LogP contribution is -2.00. The van der Waals surface area contributed by atoms with Crippen LogP contribution in [0.1, 0.15) is 0 Å². The summed E-state index contributed by atoms with van der Waals surface area (Å²) in [5, 5.41) is 9.17. The number of hydrogen-bond donors (Lipinski definition) is 0. The van der Waals surface area contributed by atoms with Crippen molar-refractivity contribution in [2.75, 3.05) is 0 Å². The van der Waals surface area contributed by atoms with Gasteiger partial charge in [0.15, 0.2) is 23.1 Å². The van der Waals surface area contributed by atoms with Crippen LogP contribution < -0.4 is 0 Å². The van der Waals surface area contributed by atoms with E-state index in [2.05, 4.69) is 152 Å². The maximum absolute atomic E-state index is 6.62. The SMILES string of the molecule is c1ccc(-c2nc(-c3ccc4cc(-c5cccc6ccc7nc(-c8ccc9ccccc9c8)oc7c56)ccc4c3)nc(-c3ccc4sc5ccccc5c4c3)n2)cc1. The van der Waals surface area contributed by atoms with Crippen molar-refractivity contribution in [1.29, 1.82) is 0 Å². The van der Waals surface area contributed by atoms with E-state index in [0.717, 1.165) is 71.4 Å². The summed E-state index contributed by atoms with van der Waals surface area (Å²) in [6, 6.07) is 63.6. The van der Waals surface area contributed by atoms with Crippen LogP contribution in [0.15, 0.2) is 186 Å². The second-order valence-corrected chi connectivity index (χ2v) is 15.7. The van der Waals surface area contributed by atoms with Crippen LogP contribution in [0.3, 0.4) is 0 Å². The molecule has 0 saturated carbocycles. The molecule has 12 aromatic rings. The summed E-state index contributed by atoms with van der Waals surface area (Å²) < 4.78 is 9.14. The molecule has 12 rings (SSSR count). The van der Waals surface area contributed by atoms with Gasteiger partial charge in [-0.1, -0.05) is 127 Å². The summed E-state index contributed by atoms with van der Waals surface area (Å²) in [6.07, 6.45) is 0. The maximum atomic E-state index is 6.62. The van der Waals surface area contributed by atoms with Gasteiger partial charge in [-0.05, 0) is 92.7 Å². The molecule has 0 amide bonds. The van der Waals surface area contributed by atoms with Crippen molar-refractivity contribution >= 4 is 74.9 Å². The Balaban J connectivity index is 0.952. The predicted molar refractivity (Wildman–Crippen MR) is 240 cm³/mol. The Hall–Kier alpha value is -7.54. The van der Waals surface area contributed by atoms with Gasteiger partial charge in [0, 0.05) is 47.8 Å². The summed E-state index contributed by atoms with van der Waals surface area (Å²) in [7, 11) is 0. The molecule has 0 spiro atoms. The van der Waals surface area contributed by atoms with Crippen LogP contribution in [0.2, 0.25) is 0 Å². The second kappa shape index (κ2) is 13.0. The van der Waals surface area contributed by atoms with Crippen molar-refractivity contribution in [1.82, 2.24) is 19.9 Å². The highest BCUT2D eigenvalue weighted by Crippen LogP contribution is 2.39. The fourth-order valence-corrected chi connectivity index (χ4v) is 9.30. The Morgan fingerprint density at radius 2 is 0.948 bits per heavy atom. The third-order valence-corrected chi connectivity index (χ3v) is 12.3. The average molecular weight is 759 g/mol. The Morgan fingerprint density at radius 1 is 0.362 bits per heavy atom. The Labute approximate surface area is 336 Å². The molecule has 0 aliphatic heterocycles. The summed E-state index contributed by atoms with van der Waals surface area (Å²) in [4.78, 5) is 20.1. The van der Waals surface area contributed by atoms with E-state index in [1.807, 2.05) is 30.3 Å². The number of rotatable bonds is 5. The summed E-state index contributed by atoms with van der Waals surface area (Å²) >= 11 is 1.81. The second-order valence-electron chi connectivity index (χ2n) is 14.7. The molecule has 270 valence electrons. The van der Waals surface area contributed by atoms with Crippen LogP contribution in [0, 0.1) is 0 Å². The minimum Gasteiger partial charge on any atom is -0.435 e. The van der Waals surface area contributed by atoms with Gasteiger partial charge in [-0.2, -0.15) is 0 Å². The molecule has 0 aliphatic carbocycles. The number of oxazole rings is 1. The Kier molecular flexibility index (Phi) is 7.33. The van der Waals surface area contributed by atoms with E-state index in [0.29, 0.717) is 23.4 Å². The predicted octanol–water partition coefficient (Wildman–Crippen LogP) is 14.2. The highest BCUT2D eigenvalue weighted by molar-refractivity contribution is 7.25. The van der Waals surface area contributed by atoms with E-state index >= 15 is 0 Å². The van der Waals surface area contributed by atoms with Crippen LogP contribution in [0.25, 0.3) is 120 Å². The average Bonchev–Trinajstić information content (AvgIpc) is 3.90. The van der Waals surface area contributed by atoms with Crippen molar-refractivity contribution in [3.05, 3.63) is 182 Å². The first kappa shape index (κ1) is 32.7. The highest BCUT2D eigenvalue weighted by Gasteiger charge is 2.17. The lowest BCUT2D eigenvalue weighted by Gasteiger charge is -2.11. The molecule has 0 saturated heterocycles. The van der Waals surface area contributed by atoms with E-state index in [1.165, 1.54) is 25.6 Å². The van der Waals surface area contributed by atoms with Gasteiger partial charge < -0.3 is 4.42 Å². The zero-order valence-corrected chi connectivity index (χ0v) is 31.7. The number of aromatic nitrogens is 4. The lowest BCUT2D eigenvalue weighted by molar-refractivity contribution is 0.623. The minimum absolute atomic E-state index is 0.617. The summed E-state index contributed by atoms with van der Waals surface area (Å²) in [5.41, 5.74) is 7.62. The molecule has 3 heterocycles. The van der Waals surface area contributed by atoms with Crippen LogP contribution in [0.5, 0.6) is 0 Å². The van der Waals surface area contributed by atoms with Crippen LogP contribution in [-0.4, -0.2) is 19.9 Å². The zero-order valence-electron chi connectivity index (χ0n) is 30.9. The van der Waals surface area contributed by atoms with E-state index < -0.39 is 0 Å². The molecule has 0 bridgehead atoms. The molecule has 9 aromatic carbocycles. The molecule has 0 unspecified atom stereocenters. The van der Waals surface area contributed by atoms with Gasteiger partial charge in [-0.15, -0.1) is 11.3 Å². The standard InChI is InChI=1S/C52H30N4OS/c1-2-10-33(11-3-1)49-54-50(56-51(55-49)39-24-26-46-43(30-39)42-14-6-7-16-45(42)58-46)38-21-19-35-27-37(20-18-36(35)28-38)41-15-8-13-32-23-25-44-48(47(32)41)57-52(53-44)40-22-17-31-9-4-5-12-34(31)29-40/h1-30H. The lowest BCUT2D eigenvalue weighted by atomic mass is 9.95. The molecule has 0 radical (unpaired) electrons. The summed E-state index contributed by atoms with van der Waals surface area (Å²) in [5.74, 6) is 2.54.